The number of amides is 2. The maximum atomic E-state index is 14.4. The van der Waals surface area contributed by atoms with Gasteiger partial charge < -0.3 is 33.9 Å². The van der Waals surface area contributed by atoms with Gasteiger partial charge in [0.25, 0.3) is 5.91 Å². The summed E-state index contributed by atoms with van der Waals surface area (Å²) < 4.78 is 52.6. The quantitative estimate of drug-likeness (QED) is 0.231. The Labute approximate surface area is 298 Å². The number of aromatic nitrogens is 4. The molecular formula is C35H34F3N7O6S. The third-order valence-electron chi connectivity index (χ3n) is 10.5. The second-order valence-electron chi connectivity index (χ2n) is 13.4. The molecule has 8 rings (SSSR count). The van der Waals surface area contributed by atoms with Gasteiger partial charge in [-0.3, -0.25) is 14.4 Å². The van der Waals surface area contributed by atoms with E-state index in [2.05, 4.69) is 15.3 Å². The largest absolute Gasteiger partial charge is 0.507 e. The van der Waals surface area contributed by atoms with Crippen LogP contribution >= 0.6 is 11.3 Å². The fourth-order valence-electron chi connectivity index (χ4n) is 8.05. The van der Waals surface area contributed by atoms with E-state index in [1.165, 1.54) is 30.9 Å². The van der Waals surface area contributed by atoms with Crippen molar-refractivity contribution in [1.82, 2.24) is 29.7 Å². The number of nitrogens with one attached hydrogen (secondary N) is 1. The number of aromatic hydroxyl groups is 1. The van der Waals surface area contributed by atoms with Gasteiger partial charge in [-0.2, -0.15) is 13.2 Å². The number of oxazole rings is 1. The lowest BCUT2D eigenvalue weighted by Gasteiger charge is -2.37. The molecule has 13 nitrogen and oxygen atoms in total. The minimum atomic E-state index is -4.22. The fraction of sp³-hybridized carbons (Fsp3) is 0.429. The molecule has 2 atom stereocenters. The van der Waals surface area contributed by atoms with Crippen molar-refractivity contribution in [2.75, 3.05) is 38.2 Å². The number of phenolic OH excluding ortho intramolecular Hbond substituents is 1. The molecule has 2 N–H and O–H groups in total. The summed E-state index contributed by atoms with van der Waals surface area (Å²) in [7, 11) is 1.49. The summed E-state index contributed by atoms with van der Waals surface area (Å²) in [5, 5.41) is 14.0. The number of piperazine rings is 1. The Kier molecular flexibility index (Phi) is 8.34. The first-order valence-corrected chi connectivity index (χ1v) is 17.8. The lowest BCUT2D eigenvalue weighted by molar-refractivity contribution is -0.156. The van der Waals surface area contributed by atoms with E-state index >= 15 is 0 Å². The van der Waals surface area contributed by atoms with E-state index in [0.29, 0.717) is 50.1 Å². The summed E-state index contributed by atoms with van der Waals surface area (Å²) in [6.45, 7) is 2.73. The Balaban J connectivity index is 1.10. The summed E-state index contributed by atoms with van der Waals surface area (Å²) in [6.07, 6.45) is -0.509. The standard InChI is InChI=1S/C35H34F3N7O6S/c1-3-22-28(43-8-10-44(11-9-43)34(49)26-23(46)5-4-21-30(26)51-16-40-21)29(48)31-32(42-33(52-31)17-6-7-39-25(12-17)50-2)45(22)15-24(47)41-18-13-19-20(14-18)27(19)35(36,37)38/h4-7,12,16,18-20,27,46H,3,8-11,13-15H2,1-2H3,(H,41,47). The van der Waals surface area contributed by atoms with Crippen LogP contribution in [0.15, 0.2) is 46.1 Å². The van der Waals surface area contributed by atoms with Crippen molar-refractivity contribution >= 4 is 50.3 Å². The number of hydrogen-bond donors (Lipinski definition) is 2. The average molecular weight is 738 g/mol. The molecule has 2 saturated carbocycles. The van der Waals surface area contributed by atoms with E-state index in [1.807, 2.05) is 11.8 Å². The molecule has 2 aliphatic carbocycles. The lowest BCUT2D eigenvalue weighted by atomic mass is 10.1. The van der Waals surface area contributed by atoms with E-state index in [1.54, 1.807) is 33.9 Å². The maximum Gasteiger partial charge on any atom is 0.392 e. The molecule has 4 aromatic heterocycles. The van der Waals surface area contributed by atoms with Gasteiger partial charge in [-0.15, -0.1) is 11.3 Å². The van der Waals surface area contributed by atoms with Gasteiger partial charge in [-0.05, 0) is 49.3 Å². The van der Waals surface area contributed by atoms with Crippen molar-refractivity contribution in [3.05, 3.63) is 58.3 Å². The molecule has 2 amide bonds. The molecule has 0 bridgehead atoms. The van der Waals surface area contributed by atoms with E-state index in [-0.39, 0.29) is 79.8 Å². The zero-order valence-corrected chi connectivity index (χ0v) is 29.0. The van der Waals surface area contributed by atoms with Crippen LogP contribution in [0.5, 0.6) is 11.6 Å². The Morgan fingerprint density at radius 1 is 1.12 bits per heavy atom. The van der Waals surface area contributed by atoms with E-state index in [4.69, 9.17) is 14.1 Å². The first-order valence-electron chi connectivity index (χ1n) is 17.0. The minimum Gasteiger partial charge on any atom is -0.507 e. The van der Waals surface area contributed by atoms with Gasteiger partial charge >= 0.3 is 6.18 Å². The zero-order chi connectivity index (χ0) is 36.5. The van der Waals surface area contributed by atoms with Gasteiger partial charge in [0.1, 0.15) is 38.8 Å². The van der Waals surface area contributed by atoms with Crippen LogP contribution < -0.4 is 20.4 Å². The van der Waals surface area contributed by atoms with Crippen LogP contribution in [0.3, 0.4) is 0 Å². The van der Waals surface area contributed by atoms with Crippen LogP contribution in [-0.4, -0.2) is 86.8 Å². The number of phenols is 1. The van der Waals surface area contributed by atoms with Crippen LogP contribution in [0.4, 0.5) is 18.9 Å². The van der Waals surface area contributed by atoms with Crippen LogP contribution in [0.2, 0.25) is 0 Å². The molecule has 3 aliphatic rings. The first kappa shape index (κ1) is 33.9. The maximum absolute atomic E-state index is 14.4. The molecular weight excluding hydrogens is 703 g/mol. The number of benzene rings is 1. The predicted octanol–water partition coefficient (Wildman–Crippen LogP) is 4.60. The number of pyridine rings is 2. The molecule has 272 valence electrons. The van der Waals surface area contributed by atoms with Crippen LogP contribution in [0, 0.1) is 17.8 Å². The normalized spacial score (nSPS) is 21.5. The Morgan fingerprint density at radius 2 is 1.87 bits per heavy atom. The van der Waals surface area contributed by atoms with E-state index in [9.17, 15) is 32.7 Å². The SMILES string of the molecule is CCc1c(N2CCN(C(=O)c3c(O)ccc4ncoc34)CC2)c(=O)c2sc(-c3ccnc(OC)c3)nc2n1CC(=O)NC1CC2C(C1)C2C(F)(F)F. The number of hydrogen-bond acceptors (Lipinski definition) is 11. The van der Waals surface area contributed by atoms with Gasteiger partial charge in [-0.1, -0.05) is 6.92 Å². The summed E-state index contributed by atoms with van der Waals surface area (Å²) in [5.74, 6) is -2.87. The zero-order valence-electron chi connectivity index (χ0n) is 28.1. The smallest absolute Gasteiger partial charge is 0.392 e. The Bertz CT molecular complexity index is 2270. The van der Waals surface area contributed by atoms with Crippen molar-refractivity contribution in [2.24, 2.45) is 17.8 Å². The van der Waals surface area contributed by atoms with Crippen molar-refractivity contribution in [1.29, 1.82) is 0 Å². The number of nitrogens with zero attached hydrogens (tertiary/aromatic N) is 6. The number of ether oxygens (including phenoxy) is 1. The fourth-order valence-corrected chi connectivity index (χ4v) is 9.05. The lowest BCUT2D eigenvalue weighted by Crippen LogP contribution is -2.50. The molecule has 3 fully saturated rings. The van der Waals surface area contributed by atoms with Crippen LogP contribution in [0.1, 0.15) is 35.8 Å². The number of carbonyl (C=O) groups excluding carboxylic acids is 2. The monoisotopic (exact) mass is 737 g/mol. The van der Waals surface area contributed by atoms with Gasteiger partial charge in [0.2, 0.25) is 17.2 Å². The highest BCUT2D eigenvalue weighted by atomic mass is 32.1. The van der Waals surface area contributed by atoms with Gasteiger partial charge in [0.05, 0.1) is 13.0 Å². The summed E-state index contributed by atoms with van der Waals surface area (Å²) >= 11 is 1.18. The molecule has 1 aromatic carbocycles. The van der Waals surface area contributed by atoms with Crippen molar-refractivity contribution in [3.8, 4) is 22.2 Å². The van der Waals surface area contributed by atoms with Gasteiger partial charge in [0.15, 0.2) is 17.6 Å². The molecule has 2 unspecified atom stereocenters. The highest BCUT2D eigenvalue weighted by molar-refractivity contribution is 7.21. The summed E-state index contributed by atoms with van der Waals surface area (Å²) in [6, 6.07) is 6.05. The third kappa shape index (κ3) is 5.80. The summed E-state index contributed by atoms with van der Waals surface area (Å²) in [5.41, 5.74) is 2.36. The number of carbonyl (C=O) groups is 2. The number of methoxy groups -OCH3 is 1. The number of halogens is 3. The molecule has 1 saturated heterocycles. The topological polar surface area (TPSA) is 156 Å². The molecule has 17 heteroatoms. The Morgan fingerprint density at radius 3 is 2.56 bits per heavy atom. The van der Waals surface area contributed by atoms with Gasteiger partial charge in [0, 0.05) is 55.7 Å². The second-order valence-corrected chi connectivity index (χ2v) is 14.4. The van der Waals surface area contributed by atoms with E-state index in [0.717, 1.165) is 0 Å². The minimum absolute atomic E-state index is 0.0194. The molecule has 52 heavy (non-hydrogen) atoms. The van der Waals surface area contributed by atoms with Crippen molar-refractivity contribution < 1.29 is 37.0 Å². The predicted molar refractivity (Wildman–Crippen MR) is 185 cm³/mol. The van der Waals surface area contributed by atoms with Crippen molar-refractivity contribution in [2.45, 2.75) is 44.9 Å². The number of thiazole rings is 1. The highest BCUT2D eigenvalue weighted by Crippen LogP contribution is 2.63. The Hall–Kier alpha value is -5.19. The average Bonchev–Trinajstić information content (AvgIpc) is 3.52. The number of alkyl halides is 3. The number of rotatable bonds is 8. The van der Waals surface area contributed by atoms with Crippen molar-refractivity contribution in [3.63, 3.8) is 0 Å². The van der Waals surface area contributed by atoms with Crippen LogP contribution in [0.25, 0.3) is 32.0 Å². The molecule has 5 aromatic rings. The third-order valence-corrected chi connectivity index (χ3v) is 11.6. The van der Waals surface area contributed by atoms with Crippen LogP contribution in [-0.2, 0) is 17.8 Å². The molecule has 0 spiro atoms. The highest BCUT2D eigenvalue weighted by Gasteiger charge is 2.67. The van der Waals surface area contributed by atoms with Gasteiger partial charge in [-0.25, -0.2) is 15.0 Å². The number of fused-ring (bicyclic) bond motifs is 3. The first-order chi connectivity index (χ1) is 25.0. The molecule has 0 radical (unpaired) electrons. The number of anilines is 1. The molecule has 5 heterocycles. The molecule has 1 aliphatic heterocycles. The summed E-state index contributed by atoms with van der Waals surface area (Å²) in [4.78, 5) is 58.2. The second kappa shape index (κ2) is 12.8. The van der Waals surface area contributed by atoms with E-state index < -0.39 is 29.8 Å².